The van der Waals surface area contributed by atoms with E-state index in [2.05, 4.69) is 4.98 Å². The fraction of sp³-hybridized carbons (Fsp3) is 0.333. The zero-order chi connectivity index (χ0) is 10.8. The van der Waals surface area contributed by atoms with Gasteiger partial charge in [-0.1, -0.05) is 6.92 Å². The van der Waals surface area contributed by atoms with Crippen LogP contribution in [0.4, 0.5) is 4.39 Å². The van der Waals surface area contributed by atoms with Crippen LogP contribution in [-0.4, -0.2) is 16.7 Å². The monoisotopic (exact) mass is 207 g/mol. The number of aliphatic hydroxyl groups is 1. The van der Waals surface area contributed by atoms with Gasteiger partial charge in [-0.3, -0.25) is 0 Å². The van der Waals surface area contributed by atoms with Crippen molar-refractivity contribution in [1.29, 1.82) is 0 Å². The molecule has 0 aliphatic heterocycles. The van der Waals surface area contributed by atoms with Gasteiger partial charge in [0.1, 0.15) is 5.82 Å². The highest BCUT2D eigenvalue weighted by Crippen LogP contribution is 2.27. The number of aromatic nitrogens is 1. The van der Waals surface area contributed by atoms with Crippen LogP contribution in [0.3, 0.4) is 0 Å². The van der Waals surface area contributed by atoms with Crippen molar-refractivity contribution in [2.24, 2.45) is 0 Å². The van der Waals surface area contributed by atoms with Gasteiger partial charge in [-0.15, -0.1) is 0 Å². The molecule has 0 saturated carbocycles. The highest BCUT2D eigenvalue weighted by molar-refractivity contribution is 5.83. The Morgan fingerprint density at radius 1 is 1.47 bits per heavy atom. The fourth-order valence-corrected chi connectivity index (χ4v) is 1.87. The Morgan fingerprint density at radius 3 is 3.00 bits per heavy atom. The van der Waals surface area contributed by atoms with Crippen molar-refractivity contribution in [2.45, 2.75) is 19.3 Å². The van der Waals surface area contributed by atoms with Gasteiger partial charge in [0.2, 0.25) is 0 Å². The maximum absolute atomic E-state index is 13.1. The molecule has 2 rings (SSSR count). The van der Waals surface area contributed by atoms with E-state index in [0.29, 0.717) is 6.42 Å². The minimum atomic E-state index is -0.223. The summed E-state index contributed by atoms with van der Waals surface area (Å²) in [5.41, 5.74) is 2.01. The maximum Gasteiger partial charge on any atom is 0.123 e. The second-order valence-electron chi connectivity index (χ2n) is 3.85. The summed E-state index contributed by atoms with van der Waals surface area (Å²) in [7, 11) is 0. The maximum atomic E-state index is 13.1. The standard InChI is InChI=1S/C12H14FNO/c1-8(4-5-15)11-7-14-12-3-2-9(13)6-10(11)12/h2-3,6-8,14-15H,4-5H2,1H3/t8-/m0/s1. The van der Waals surface area contributed by atoms with Gasteiger partial charge >= 0.3 is 0 Å². The molecule has 15 heavy (non-hydrogen) atoms. The number of hydrogen-bond donors (Lipinski definition) is 2. The van der Waals surface area contributed by atoms with Gasteiger partial charge in [0, 0.05) is 23.7 Å². The molecular weight excluding hydrogens is 193 g/mol. The molecule has 1 aromatic heterocycles. The lowest BCUT2D eigenvalue weighted by molar-refractivity contribution is 0.279. The van der Waals surface area contributed by atoms with Crippen LogP contribution in [0.25, 0.3) is 10.9 Å². The lowest BCUT2D eigenvalue weighted by atomic mass is 9.98. The topological polar surface area (TPSA) is 36.0 Å². The molecule has 0 unspecified atom stereocenters. The van der Waals surface area contributed by atoms with Gasteiger partial charge in [-0.25, -0.2) is 4.39 Å². The number of hydrogen-bond acceptors (Lipinski definition) is 1. The first kappa shape index (κ1) is 10.2. The molecule has 2 aromatic rings. The molecule has 0 amide bonds. The Morgan fingerprint density at radius 2 is 2.27 bits per heavy atom. The number of aliphatic hydroxyl groups excluding tert-OH is 1. The Hall–Kier alpha value is -1.35. The Labute approximate surface area is 87.7 Å². The van der Waals surface area contributed by atoms with Crippen LogP contribution >= 0.6 is 0 Å². The second-order valence-corrected chi connectivity index (χ2v) is 3.85. The minimum absolute atomic E-state index is 0.156. The van der Waals surface area contributed by atoms with Gasteiger partial charge in [-0.2, -0.15) is 0 Å². The molecule has 0 bridgehead atoms. The Bertz CT molecular complexity index is 464. The molecule has 1 aromatic carbocycles. The van der Waals surface area contributed by atoms with Crippen LogP contribution in [-0.2, 0) is 0 Å². The van der Waals surface area contributed by atoms with Crippen LogP contribution in [0.2, 0.25) is 0 Å². The molecule has 1 atom stereocenters. The first-order chi connectivity index (χ1) is 7.22. The van der Waals surface area contributed by atoms with Gasteiger partial charge in [0.25, 0.3) is 0 Å². The quantitative estimate of drug-likeness (QED) is 0.797. The van der Waals surface area contributed by atoms with E-state index < -0.39 is 0 Å². The first-order valence-corrected chi connectivity index (χ1v) is 5.09. The number of nitrogens with one attached hydrogen (secondary N) is 1. The summed E-state index contributed by atoms with van der Waals surface area (Å²) in [6, 6.07) is 4.72. The van der Waals surface area contributed by atoms with Crippen molar-refractivity contribution < 1.29 is 9.50 Å². The normalized spacial score (nSPS) is 13.3. The van der Waals surface area contributed by atoms with Gasteiger partial charge < -0.3 is 10.1 Å². The van der Waals surface area contributed by atoms with E-state index in [1.165, 1.54) is 12.1 Å². The molecular formula is C12H14FNO. The van der Waals surface area contributed by atoms with Crippen LogP contribution in [0, 0.1) is 5.82 Å². The highest BCUT2D eigenvalue weighted by atomic mass is 19.1. The molecule has 0 spiro atoms. The van der Waals surface area contributed by atoms with Crippen molar-refractivity contribution in [2.75, 3.05) is 6.61 Å². The fourth-order valence-electron chi connectivity index (χ4n) is 1.87. The molecule has 0 saturated heterocycles. The molecule has 1 heterocycles. The SMILES string of the molecule is C[C@@H](CCO)c1c[nH]c2ccc(F)cc12. The van der Waals surface area contributed by atoms with E-state index >= 15 is 0 Å². The summed E-state index contributed by atoms with van der Waals surface area (Å²) in [5, 5.41) is 9.79. The molecule has 0 aliphatic rings. The molecule has 0 radical (unpaired) electrons. The number of H-pyrrole nitrogens is 1. The smallest absolute Gasteiger partial charge is 0.123 e. The summed E-state index contributed by atoms with van der Waals surface area (Å²) >= 11 is 0. The molecule has 0 aliphatic carbocycles. The summed E-state index contributed by atoms with van der Waals surface area (Å²) < 4.78 is 13.1. The lowest BCUT2D eigenvalue weighted by Gasteiger charge is -2.07. The van der Waals surface area contributed by atoms with Gasteiger partial charge in [0.15, 0.2) is 0 Å². The second kappa shape index (κ2) is 4.03. The zero-order valence-electron chi connectivity index (χ0n) is 8.63. The third kappa shape index (κ3) is 1.88. The molecule has 3 heteroatoms. The summed E-state index contributed by atoms with van der Waals surface area (Å²) in [6.07, 6.45) is 2.59. The van der Waals surface area contributed by atoms with Crippen LogP contribution < -0.4 is 0 Å². The average Bonchev–Trinajstić information content (AvgIpc) is 2.60. The van der Waals surface area contributed by atoms with Crippen molar-refractivity contribution >= 4 is 10.9 Å². The first-order valence-electron chi connectivity index (χ1n) is 5.09. The van der Waals surface area contributed by atoms with E-state index in [1.54, 1.807) is 6.07 Å². The van der Waals surface area contributed by atoms with Crippen molar-refractivity contribution in [1.82, 2.24) is 4.98 Å². The molecule has 2 N–H and O–H groups in total. The molecule has 2 nitrogen and oxygen atoms in total. The average molecular weight is 207 g/mol. The van der Waals surface area contributed by atoms with E-state index in [9.17, 15) is 4.39 Å². The molecule has 80 valence electrons. The van der Waals surface area contributed by atoms with Gasteiger partial charge in [-0.05, 0) is 36.1 Å². The van der Waals surface area contributed by atoms with Crippen molar-refractivity contribution in [3.8, 4) is 0 Å². The predicted molar refractivity (Wildman–Crippen MR) is 58.4 cm³/mol. The third-order valence-corrected chi connectivity index (χ3v) is 2.77. The molecule has 0 fully saturated rings. The number of aromatic amines is 1. The van der Waals surface area contributed by atoms with E-state index in [1.807, 2.05) is 13.1 Å². The van der Waals surface area contributed by atoms with Gasteiger partial charge in [0.05, 0.1) is 0 Å². The van der Waals surface area contributed by atoms with E-state index in [-0.39, 0.29) is 18.3 Å². The van der Waals surface area contributed by atoms with Crippen LogP contribution in [0.15, 0.2) is 24.4 Å². The van der Waals surface area contributed by atoms with E-state index in [0.717, 1.165) is 16.5 Å². The number of benzene rings is 1. The number of halogens is 1. The third-order valence-electron chi connectivity index (χ3n) is 2.77. The van der Waals surface area contributed by atoms with Crippen LogP contribution in [0.1, 0.15) is 24.8 Å². The van der Waals surface area contributed by atoms with Crippen LogP contribution in [0.5, 0.6) is 0 Å². The van der Waals surface area contributed by atoms with Crippen molar-refractivity contribution in [3.05, 3.63) is 35.8 Å². The predicted octanol–water partition coefficient (Wildman–Crippen LogP) is 2.79. The summed E-state index contributed by atoms with van der Waals surface area (Å²) in [4.78, 5) is 3.11. The Kier molecular flexibility index (Phi) is 2.73. The minimum Gasteiger partial charge on any atom is -0.396 e. The lowest BCUT2D eigenvalue weighted by Crippen LogP contribution is -1.95. The number of rotatable bonds is 3. The zero-order valence-corrected chi connectivity index (χ0v) is 8.63. The van der Waals surface area contributed by atoms with Crippen molar-refractivity contribution in [3.63, 3.8) is 0 Å². The largest absolute Gasteiger partial charge is 0.396 e. The summed E-state index contributed by atoms with van der Waals surface area (Å²) in [5.74, 6) is 0.0186. The Balaban J connectivity index is 2.47. The summed E-state index contributed by atoms with van der Waals surface area (Å²) in [6.45, 7) is 2.19. The highest BCUT2D eigenvalue weighted by Gasteiger charge is 2.11. The number of fused-ring (bicyclic) bond motifs is 1. The van der Waals surface area contributed by atoms with E-state index in [4.69, 9.17) is 5.11 Å².